The van der Waals surface area contributed by atoms with E-state index in [-0.39, 0.29) is 41.5 Å². The summed E-state index contributed by atoms with van der Waals surface area (Å²) >= 11 is 0. The van der Waals surface area contributed by atoms with Gasteiger partial charge in [0.2, 0.25) is 5.75 Å². The van der Waals surface area contributed by atoms with Crippen molar-refractivity contribution in [2.24, 2.45) is 0 Å². The van der Waals surface area contributed by atoms with Gasteiger partial charge in [-0.3, -0.25) is 0 Å². The van der Waals surface area contributed by atoms with Crippen molar-refractivity contribution in [1.82, 2.24) is 10.6 Å². The lowest BCUT2D eigenvalue weighted by Gasteiger charge is -2.29. The van der Waals surface area contributed by atoms with Crippen molar-refractivity contribution in [3.63, 3.8) is 0 Å². The molecule has 0 aliphatic carbocycles. The maximum atomic E-state index is 12.8. The fourth-order valence-electron chi connectivity index (χ4n) is 3.50. The lowest BCUT2D eigenvalue weighted by atomic mass is 9.95. The van der Waals surface area contributed by atoms with Crippen LogP contribution in [0.2, 0.25) is 0 Å². The molecule has 0 spiro atoms. The highest BCUT2D eigenvalue weighted by molar-refractivity contribution is 5.96. The smallest absolute Gasteiger partial charge is 0.338 e. The van der Waals surface area contributed by atoms with E-state index < -0.39 is 24.0 Å². The Morgan fingerprint density at radius 2 is 1.56 bits per heavy atom. The highest BCUT2D eigenvalue weighted by atomic mass is 16.5. The number of esters is 2. The summed E-state index contributed by atoms with van der Waals surface area (Å²) in [5, 5.41) is 5.28. The Balaban J connectivity index is 1.93. The SMILES string of the molecule is CCOC(=O)C1=C(COC(=O)c2cc(OC)c(OC)c(OC)c2)NC(=O)NC1c1ccccc1. The fraction of sp³-hybridized carbons (Fsp3) is 0.292. The van der Waals surface area contributed by atoms with Crippen molar-refractivity contribution >= 4 is 18.0 Å². The third-order valence-electron chi connectivity index (χ3n) is 5.03. The molecule has 1 atom stereocenters. The second-order valence-electron chi connectivity index (χ2n) is 7.05. The van der Waals surface area contributed by atoms with E-state index in [4.69, 9.17) is 23.7 Å². The molecule has 0 bridgehead atoms. The molecule has 0 saturated carbocycles. The first-order chi connectivity index (χ1) is 16.4. The molecule has 1 unspecified atom stereocenters. The number of hydrogen-bond acceptors (Lipinski definition) is 8. The standard InChI is InChI=1S/C24H26N2O8/c1-5-33-23(28)19-16(25-24(29)26-20(19)14-9-7-6-8-10-14)13-34-22(27)15-11-17(30-2)21(32-4)18(12-15)31-3/h6-12,20H,5,13H2,1-4H3,(H2,25,26,29). The Morgan fingerprint density at radius 3 is 2.12 bits per heavy atom. The van der Waals surface area contributed by atoms with Gasteiger partial charge in [0.05, 0.1) is 50.8 Å². The van der Waals surface area contributed by atoms with Crippen molar-refractivity contribution < 1.29 is 38.1 Å². The van der Waals surface area contributed by atoms with Gasteiger partial charge in [0.15, 0.2) is 11.5 Å². The lowest BCUT2D eigenvalue weighted by molar-refractivity contribution is -0.139. The normalized spacial score (nSPS) is 15.1. The van der Waals surface area contributed by atoms with Crippen LogP contribution in [0.1, 0.15) is 28.9 Å². The van der Waals surface area contributed by atoms with Crippen LogP contribution in [-0.4, -0.2) is 52.5 Å². The molecule has 0 saturated heterocycles. The van der Waals surface area contributed by atoms with Gasteiger partial charge in [0.1, 0.15) is 6.61 Å². The molecule has 1 aliphatic heterocycles. The van der Waals surface area contributed by atoms with Crippen molar-refractivity contribution in [2.75, 3.05) is 34.5 Å². The van der Waals surface area contributed by atoms with Gasteiger partial charge in [-0.05, 0) is 24.6 Å². The summed E-state index contributed by atoms with van der Waals surface area (Å²) in [4.78, 5) is 37.9. The van der Waals surface area contributed by atoms with Gasteiger partial charge in [-0.25, -0.2) is 14.4 Å². The van der Waals surface area contributed by atoms with Crippen LogP contribution < -0.4 is 24.8 Å². The Hall–Kier alpha value is -4.21. The molecule has 0 aromatic heterocycles. The van der Waals surface area contributed by atoms with E-state index in [1.807, 2.05) is 6.07 Å². The van der Waals surface area contributed by atoms with Gasteiger partial charge < -0.3 is 34.3 Å². The van der Waals surface area contributed by atoms with Crippen molar-refractivity contribution in [3.05, 3.63) is 64.9 Å². The molecule has 2 aromatic rings. The van der Waals surface area contributed by atoms with Crippen molar-refractivity contribution in [1.29, 1.82) is 0 Å². The lowest BCUT2D eigenvalue weighted by Crippen LogP contribution is -2.47. The summed E-state index contributed by atoms with van der Waals surface area (Å²) in [6.45, 7) is 1.44. The van der Waals surface area contributed by atoms with Gasteiger partial charge in [0.25, 0.3) is 0 Å². The maximum Gasteiger partial charge on any atom is 0.338 e. The fourth-order valence-corrected chi connectivity index (χ4v) is 3.50. The first-order valence-corrected chi connectivity index (χ1v) is 10.4. The number of methoxy groups -OCH3 is 3. The number of amides is 2. The third kappa shape index (κ3) is 5.22. The maximum absolute atomic E-state index is 12.8. The van der Waals surface area contributed by atoms with Crippen LogP contribution in [0.3, 0.4) is 0 Å². The number of nitrogens with one attached hydrogen (secondary N) is 2. The van der Waals surface area contributed by atoms with Crippen LogP contribution in [-0.2, 0) is 14.3 Å². The summed E-state index contributed by atoms with van der Waals surface area (Å²) in [7, 11) is 4.30. The molecule has 10 nitrogen and oxygen atoms in total. The molecular weight excluding hydrogens is 444 g/mol. The molecule has 2 aromatic carbocycles. The van der Waals surface area contributed by atoms with E-state index in [0.29, 0.717) is 11.3 Å². The molecular formula is C24H26N2O8. The second kappa shape index (κ2) is 11.1. The monoisotopic (exact) mass is 470 g/mol. The van der Waals surface area contributed by atoms with E-state index in [2.05, 4.69) is 10.6 Å². The van der Waals surface area contributed by atoms with Crippen LogP contribution in [0.25, 0.3) is 0 Å². The van der Waals surface area contributed by atoms with E-state index in [0.717, 1.165) is 0 Å². The third-order valence-corrected chi connectivity index (χ3v) is 5.03. The molecule has 2 N–H and O–H groups in total. The number of hydrogen-bond donors (Lipinski definition) is 2. The van der Waals surface area contributed by atoms with Crippen LogP contribution >= 0.6 is 0 Å². The van der Waals surface area contributed by atoms with Crippen LogP contribution in [0.15, 0.2) is 53.7 Å². The first kappa shape index (κ1) is 24.4. The molecule has 0 fully saturated rings. The van der Waals surface area contributed by atoms with Crippen molar-refractivity contribution in [2.45, 2.75) is 13.0 Å². The van der Waals surface area contributed by atoms with E-state index in [9.17, 15) is 14.4 Å². The minimum Gasteiger partial charge on any atom is -0.493 e. The summed E-state index contributed by atoms with van der Waals surface area (Å²) in [6.07, 6.45) is 0. The minimum atomic E-state index is -0.774. The largest absolute Gasteiger partial charge is 0.493 e. The molecule has 0 radical (unpaired) electrons. The van der Waals surface area contributed by atoms with Crippen molar-refractivity contribution in [3.8, 4) is 17.2 Å². The Kier molecular flexibility index (Phi) is 7.96. The molecule has 180 valence electrons. The first-order valence-electron chi connectivity index (χ1n) is 10.4. The Morgan fingerprint density at radius 1 is 0.912 bits per heavy atom. The zero-order chi connectivity index (χ0) is 24.7. The summed E-state index contributed by atoms with van der Waals surface area (Å²) in [5.74, 6) is -0.481. The number of carbonyl (C=O) groups excluding carboxylic acids is 3. The van der Waals surface area contributed by atoms with Gasteiger partial charge in [-0.2, -0.15) is 0 Å². The van der Waals surface area contributed by atoms with E-state index in [1.165, 1.54) is 33.5 Å². The molecule has 2 amide bonds. The summed E-state index contributed by atoms with van der Waals surface area (Å²) in [5.41, 5.74) is 1.07. The zero-order valence-electron chi connectivity index (χ0n) is 19.3. The quantitative estimate of drug-likeness (QED) is 0.537. The molecule has 1 heterocycles. The van der Waals surface area contributed by atoms with Gasteiger partial charge in [0, 0.05) is 0 Å². The average Bonchev–Trinajstić information content (AvgIpc) is 2.86. The predicted octanol–water partition coefficient (Wildman–Crippen LogP) is 2.74. The molecule has 34 heavy (non-hydrogen) atoms. The number of ether oxygens (including phenoxy) is 5. The minimum absolute atomic E-state index is 0.122. The number of carbonyl (C=O) groups is 3. The van der Waals surface area contributed by atoms with E-state index in [1.54, 1.807) is 31.2 Å². The highest BCUT2D eigenvalue weighted by Gasteiger charge is 2.34. The van der Waals surface area contributed by atoms with Crippen LogP contribution in [0, 0.1) is 0 Å². The van der Waals surface area contributed by atoms with Gasteiger partial charge in [-0.1, -0.05) is 30.3 Å². The summed E-state index contributed by atoms with van der Waals surface area (Å²) in [6, 6.07) is 10.5. The zero-order valence-corrected chi connectivity index (χ0v) is 19.3. The molecule has 3 rings (SSSR count). The predicted molar refractivity (Wildman–Crippen MR) is 121 cm³/mol. The van der Waals surface area contributed by atoms with Gasteiger partial charge in [-0.15, -0.1) is 0 Å². The van der Waals surface area contributed by atoms with Gasteiger partial charge >= 0.3 is 18.0 Å². The molecule has 10 heteroatoms. The molecule has 1 aliphatic rings. The topological polar surface area (TPSA) is 121 Å². The second-order valence-corrected chi connectivity index (χ2v) is 7.05. The summed E-state index contributed by atoms with van der Waals surface area (Å²) < 4.78 is 26.4. The Labute approximate surface area is 196 Å². The average molecular weight is 470 g/mol. The number of benzene rings is 2. The van der Waals surface area contributed by atoms with E-state index >= 15 is 0 Å². The van der Waals surface area contributed by atoms with Crippen LogP contribution in [0.5, 0.6) is 17.2 Å². The van der Waals surface area contributed by atoms with Crippen LogP contribution in [0.4, 0.5) is 4.79 Å². The number of urea groups is 1. The number of rotatable bonds is 9. The highest BCUT2D eigenvalue weighted by Crippen LogP contribution is 2.38. The Bertz CT molecular complexity index is 1070.